The Hall–Kier alpha value is -2.74. The molecule has 0 amide bonds. The van der Waals surface area contributed by atoms with Crippen LogP contribution in [0.25, 0.3) is 0 Å². The molecule has 1 aliphatic rings. The highest BCUT2D eigenvalue weighted by Gasteiger charge is 2.57. The van der Waals surface area contributed by atoms with Gasteiger partial charge < -0.3 is 9.29 Å². The minimum absolute atomic E-state index is 0.173. The Balaban J connectivity index is 2.33. The van der Waals surface area contributed by atoms with Gasteiger partial charge in [-0.3, -0.25) is 0 Å². The Morgan fingerprint density at radius 3 is 2.30 bits per heavy atom. The van der Waals surface area contributed by atoms with Crippen LogP contribution in [0.5, 0.6) is 11.5 Å². The van der Waals surface area contributed by atoms with E-state index in [-0.39, 0.29) is 17.1 Å². The molecular weight excluding hydrogens is 567 g/mol. The van der Waals surface area contributed by atoms with Gasteiger partial charge in [0.15, 0.2) is 6.17 Å². The second kappa shape index (κ2) is 9.53. The molecule has 0 saturated carbocycles. The van der Waals surface area contributed by atoms with E-state index in [4.69, 9.17) is 10.00 Å². The van der Waals surface area contributed by atoms with Gasteiger partial charge in [-0.15, -0.1) is 0 Å². The van der Waals surface area contributed by atoms with Crippen molar-refractivity contribution in [3.63, 3.8) is 0 Å². The lowest BCUT2D eigenvalue weighted by atomic mass is 10.1. The maximum absolute atomic E-state index is 15.1. The van der Waals surface area contributed by atoms with E-state index < -0.39 is 79.5 Å². The van der Waals surface area contributed by atoms with Gasteiger partial charge in [0.2, 0.25) is 0 Å². The maximum Gasteiger partial charge on any atom is 0.512 e. The van der Waals surface area contributed by atoms with Crippen LogP contribution in [0.15, 0.2) is 39.6 Å². The van der Waals surface area contributed by atoms with Crippen molar-refractivity contribution in [1.82, 2.24) is 0 Å². The molecule has 2 unspecified atom stereocenters. The molecule has 0 saturated heterocycles. The Morgan fingerprint density at radius 2 is 1.76 bits per heavy atom. The van der Waals surface area contributed by atoms with Gasteiger partial charge in [0, 0.05) is 23.6 Å². The molecule has 1 aliphatic carbocycles. The van der Waals surface area contributed by atoms with Gasteiger partial charge in [-0.25, -0.2) is 25.6 Å². The smallest absolute Gasteiger partial charge is 0.512 e. The van der Waals surface area contributed by atoms with Crippen molar-refractivity contribution in [2.45, 2.75) is 48.5 Å². The van der Waals surface area contributed by atoms with Gasteiger partial charge in [-0.05, 0) is 45.0 Å². The molecule has 0 radical (unpaired) electrons. The molecule has 0 fully saturated rings. The molecule has 0 N–H and O–H groups in total. The number of halogens is 5. The fourth-order valence-electron chi connectivity index (χ4n) is 3.21. The summed E-state index contributed by atoms with van der Waals surface area (Å²) in [5.41, 5.74) is -8.48. The van der Waals surface area contributed by atoms with E-state index in [1.54, 1.807) is 6.07 Å². The van der Waals surface area contributed by atoms with Crippen LogP contribution in [-0.4, -0.2) is 43.5 Å². The van der Waals surface area contributed by atoms with Crippen LogP contribution in [0, 0.1) is 17.1 Å². The average molecular weight is 585 g/mol. The van der Waals surface area contributed by atoms with Crippen LogP contribution < -0.4 is 4.74 Å². The van der Waals surface area contributed by atoms with Crippen LogP contribution in [0.2, 0.25) is 0 Å². The van der Waals surface area contributed by atoms with E-state index in [0.29, 0.717) is 6.07 Å². The summed E-state index contributed by atoms with van der Waals surface area (Å²) in [7, 11) is -13.1. The molecular formula is C21H17F5N2O6S3. The van der Waals surface area contributed by atoms with E-state index in [1.807, 2.05) is 0 Å². The third-order valence-corrected chi connectivity index (χ3v) is 11.2. The van der Waals surface area contributed by atoms with Crippen molar-refractivity contribution in [1.29, 1.82) is 5.26 Å². The number of nitriles is 1. The first-order chi connectivity index (χ1) is 16.8. The highest BCUT2D eigenvalue weighted by molar-refractivity contribution is 8.67. The molecule has 2 aromatic carbocycles. The summed E-state index contributed by atoms with van der Waals surface area (Å²) in [6, 6.07) is 5.68. The lowest BCUT2D eigenvalue weighted by Gasteiger charge is -2.20. The number of alkyl halides is 4. The number of ether oxygens (including phenoxy) is 1. The van der Waals surface area contributed by atoms with Crippen LogP contribution in [-0.2, 0) is 35.5 Å². The molecule has 2 aromatic rings. The summed E-state index contributed by atoms with van der Waals surface area (Å²) in [6.45, 7) is 4.33. The predicted molar refractivity (Wildman–Crippen MR) is 123 cm³/mol. The average Bonchev–Trinajstić information content (AvgIpc) is 3.08. The zero-order valence-corrected chi connectivity index (χ0v) is 21.6. The molecule has 0 bridgehead atoms. The van der Waals surface area contributed by atoms with E-state index in [1.165, 1.54) is 20.8 Å². The summed E-state index contributed by atoms with van der Waals surface area (Å²) in [6.07, 6.45) is -2.93. The number of hydrogen-bond donors (Lipinski definition) is 0. The van der Waals surface area contributed by atoms with Crippen LogP contribution in [0.4, 0.5) is 22.0 Å². The molecule has 2 atom stereocenters. The Kier molecular flexibility index (Phi) is 7.43. The van der Waals surface area contributed by atoms with Crippen molar-refractivity contribution in [2.75, 3.05) is 0 Å². The number of fused-ring (bicyclic) bond motifs is 1. The van der Waals surface area contributed by atoms with E-state index >= 15 is 4.39 Å². The van der Waals surface area contributed by atoms with Crippen molar-refractivity contribution < 1.29 is 48.1 Å². The largest absolute Gasteiger partial charge is 0.591 e. The minimum Gasteiger partial charge on any atom is -0.591 e. The standard InChI is InChI=1S/C21H17F5N2O6S3/c1-20(2,3)35(29)28-19-15(23)9-14-16(34-13-7-11(10-27)6-12(22)8-13)4-5-17(18(14)19)36(30,31)37(32,33)21(24,25)26/h4-8,15H,9H2,1-3H3. The summed E-state index contributed by atoms with van der Waals surface area (Å²) in [4.78, 5) is -1.44. The van der Waals surface area contributed by atoms with Crippen molar-refractivity contribution >= 4 is 34.8 Å². The lowest BCUT2D eigenvalue weighted by Crippen LogP contribution is -2.32. The third kappa shape index (κ3) is 5.31. The van der Waals surface area contributed by atoms with Crippen LogP contribution >= 0.6 is 0 Å². The van der Waals surface area contributed by atoms with Crippen LogP contribution in [0.1, 0.15) is 37.5 Å². The first kappa shape index (κ1) is 28.8. The van der Waals surface area contributed by atoms with E-state index in [0.717, 1.165) is 24.3 Å². The number of rotatable bonds is 5. The number of nitrogens with zero attached hydrogens (tertiary/aromatic N) is 2. The fraction of sp³-hybridized carbons (Fsp3) is 0.333. The molecule has 0 heterocycles. The van der Waals surface area contributed by atoms with Gasteiger partial charge in [-0.1, -0.05) is 4.40 Å². The molecule has 0 aromatic heterocycles. The van der Waals surface area contributed by atoms with Gasteiger partial charge in [0.1, 0.15) is 39.1 Å². The topological polar surface area (TPSA) is 137 Å². The van der Waals surface area contributed by atoms with Crippen molar-refractivity contribution in [3.05, 3.63) is 52.8 Å². The molecule has 0 spiro atoms. The van der Waals surface area contributed by atoms with Crippen molar-refractivity contribution in [3.8, 4) is 17.6 Å². The molecule has 37 heavy (non-hydrogen) atoms. The van der Waals surface area contributed by atoms with Gasteiger partial charge in [0.05, 0.1) is 16.5 Å². The van der Waals surface area contributed by atoms with Gasteiger partial charge in [-0.2, -0.15) is 18.4 Å². The SMILES string of the molecule is CC(C)(C)[S+]([O-])N=C1c2c(S(=O)(=O)S(=O)(=O)C(F)(F)F)ccc(Oc3cc(F)cc(C#N)c3)c2CC1F. The third-order valence-electron chi connectivity index (χ3n) is 4.94. The Morgan fingerprint density at radius 1 is 1.14 bits per heavy atom. The Bertz CT molecular complexity index is 1540. The zero-order valence-electron chi connectivity index (χ0n) is 19.1. The zero-order chi connectivity index (χ0) is 28.1. The summed E-state index contributed by atoms with van der Waals surface area (Å²) in [5, 5.41) is 9.01. The maximum atomic E-state index is 15.1. The summed E-state index contributed by atoms with van der Waals surface area (Å²) >= 11 is -2.23. The molecule has 200 valence electrons. The number of benzene rings is 2. The monoisotopic (exact) mass is 584 g/mol. The molecule has 3 rings (SSSR count). The predicted octanol–water partition coefficient (Wildman–Crippen LogP) is 4.26. The highest BCUT2D eigenvalue weighted by Crippen LogP contribution is 2.43. The lowest BCUT2D eigenvalue weighted by molar-refractivity contribution is -0.0412. The summed E-state index contributed by atoms with van der Waals surface area (Å²) < 4.78 is 138. The van der Waals surface area contributed by atoms with Crippen LogP contribution in [0.3, 0.4) is 0 Å². The van der Waals surface area contributed by atoms with Crippen molar-refractivity contribution in [2.24, 2.45) is 4.40 Å². The minimum atomic E-state index is -6.84. The first-order valence-electron chi connectivity index (χ1n) is 10.1. The van der Waals surface area contributed by atoms with E-state index in [9.17, 15) is 39.0 Å². The normalized spacial score (nSPS) is 18.4. The van der Waals surface area contributed by atoms with E-state index in [2.05, 4.69) is 4.40 Å². The second-order valence-electron chi connectivity index (χ2n) is 8.67. The Labute approximate surface area is 211 Å². The second-order valence-corrected chi connectivity index (χ2v) is 15.9. The number of hydrogen-bond acceptors (Lipinski definition) is 8. The van der Waals surface area contributed by atoms with Gasteiger partial charge in [0.25, 0.3) is 8.87 Å². The fourth-order valence-corrected chi connectivity index (χ4v) is 6.94. The molecule has 16 heteroatoms. The highest BCUT2D eigenvalue weighted by atomic mass is 33.2. The quantitative estimate of drug-likeness (QED) is 0.291. The van der Waals surface area contributed by atoms with Gasteiger partial charge >= 0.3 is 14.4 Å². The summed E-state index contributed by atoms with van der Waals surface area (Å²) in [5.74, 6) is -1.56. The first-order valence-corrected chi connectivity index (χ1v) is 14.7. The molecule has 8 nitrogen and oxygen atoms in total. The molecule has 0 aliphatic heterocycles.